The Morgan fingerprint density at radius 1 is 1.00 bits per heavy atom. The second-order valence-electron chi connectivity index (χ2n) is 2.10. The second kappa shape index (κ2) is 6.05. The van der Waals surface area contributed by atoms with E-state index in [1.807, 2.05) is 18.9 Å². The molecule has 0 aliphatic carbocycles. The standard InChI is InChI=1S/C5H12N2.C2H6/c6-7-4-2-1-3-5-7;1-2/h1-6H2;1-2H3. The molecule has 0 aromatic carbocycles. The van der Waals surface area contributed by atoms with Crippen molar-refractivity contribution in [3.63, 3.8) is 0 Å². The van der Waals surface area contributed by atoms with Gasteiger partial charge in [0.2, 0.25) is 0 Å². The van der Waals surface area contributed by atoms with E-state index >= 15 is 0 Å². The normalized spacial score (nSPS) is 20.3. The maximum Gasteiger partial charge on any atom is 0.0128 e. The Kier molecular flexibility index (Phi) is 5.99. The molecular formula is C7H18N2. The van der Waals surface area contributed by atoms with Crippen molar-refractivity contribution < 1.29 is 0 Å². The molecule has 0 aromatic heterocycles. The first-order valence-corrected chi connectivity index (χ1v) is 3.89. The second-order valence-corrected chi connectivity index (χ2v) is 2.10. The van der Waals surface area contributed by atoms with Gasteiger partial charge in [-0.1, -0.05) is 20.3 Å². The van der Waals surface area contributed by atoms with E-state index in [4.69, 9.17) is 5.84 Å². The molecule has 1 rings (SSSR count). The smallest absolute Gasteiger partial charge is 0.0128 e. The van der Waals surface area contributed by atoms with Crippen molar-refractivity contribution in [1.29, 1.82) is 0 Å². The zero-order valence-corrected chi connectivity index (χ0v) is 6.56. The van der Waals surface area contributed by atoms with Gasteiger partial charge in [0.25, 0.3) is 0 Å². The molecule has 1 aliphatic rings. The topological polar surface area (TPSA) is 29.3 Å². The van der Waals surface area contributed by atoms with Crippen molar-refractivity contribution in [3.05, 3.63) is 0 Å². The first-order valence-electron chi connectivity index (χ1n) is 3.89. The van der Waals surface area contributed by atoms with Crippen LogP contribution in [-0.2, 0) is 0 Å². The predicted octanol–water partition coefficient (Wildman–Crippen LogP) is 1.37. The molecule has 1 saturated heterocycles. The number of hydrazine groups is 1. The molecule has 0 unspecified atom stereocenters. The van der Waals surface area contributed by atoms with E-state index in [0.29, 0.717) is 0 Å². The van der Waals surface area contributed by atoms with Gasteiger partial charge in [-0.3, -0.25) is 5.84 Å². The van der Waals surface area contributed by atoms with Crippen LogP contribution in [0.25, 0.3) is 0 Å². The Morgan fingerprint density at radius 2 is 1.44 bits per heavy atom. The molecule has 0 aromatic rings. The number of hydrogen-bond donors (Lipinski definition) is 1. The Bertz CT molecular complexity index is 48.9. The highest BCUT2D eigenvalue weighted by Gasteiger charge is 2.02. The lowest BCUT2D eigenvalue weighted by Gasteiger charge is -2.20. The fraction of sp³-hybridized carbons (Fsp3) is 1.00. The summed E-state index contributed by atoms with van der Waals surface area (Å²) in [4.78, 5) is 0. The number of nitrogens with two attached hydrogens (primary N) is 1. The van der Waals surface area contributed by atoms with E-state index in [-0.39, 0.29) is 0 Å². The largest absolute Gasteiger partial charge is 0.269 e. The maximum atomic E-state index is 5.47. The average molecular weight is 130 g/mol. The molecule has 0 spiro atoms. The van der Waals surface area contributed by atoms with Gasteiger partial charge in [0, 0.05) is 13.1 Å². The summed E-state index contributed by atoms with van der Waals surface area (Å²) in [6.45, 7) is 6.19. The fourth-order valence-electron chi connectivity index (χ4n) is 0.918. The van der Waals surface area contributed by atoms with Gasteiger partial charge >= 0.3 is 0 Å². The van der Waals surface area contributed by atoms with Crippen LogP contribution in [0.1, 0.15) is 33.1 Å². The fourth-order valence-corrected chi connectivity index (χ4v) is 0.918. The molecule has 0 bridgehead atoms. The lowest BCUT2D eigenvalue weighted by atomic mass is 10.2. The van der Waals surface area contributed by atoms with Gasteiger partial charge in [-0.05, 0) is 12.8 Å². The van der Waals surface area contributed by atoms with Crippen LogP contribution in [0.3, 0.4) is 0 Å². The zero-order chi connectivity index (χ0) is 7.11. The van der Waals surface area contributed by atoms with Crippen molar-refractivity contribution in [1.82, 2.24) is 5.01 Å². The number of piperidine rings is 1. The summed E-state index contributed by atoms with van der Waals surface area (Å²) in [6, 6.07) is 0. The zero-order valence-electron chi connectivity index (χ0n) is 6.56. The summed E-state index contributed by atoms with van der Waals surface area (Å²) in [5, 5.41) is 1.89. The predicted molar refractivity (Wildman–Crippen MR) is 41.0 cm³/mol. The minimum absolute atomic E-state index is 1.10. The highest BCUT2D eigenvalue weighted by Crippen LogP contribution is 2.03. The molecule has 0 atom stereocenters. The van der Waals surface area contributed by atoms with Crippen LogP contribution in [-0.4, -0.2) is 18.1 Å². The molecule has 2 nitrogen and oxygen atoms in total. The minimum Gasteiger partial charge on any atom is -0.269 e. The summed E-state index contributed by atoms with van der Waals surface area (Å²) < 4.78 is 0. The highest BCUT2D eigenvalue weighted by molar-refractivity contribution is 4.56. The van der Waals surface area contributed by atoms with Crippen molar-refractivity contribution in [3.8, 4) is 0 Å². The SMILES string of the molecule is CC.NN1CCCCC1. The van der Waals surface area contributed by atoms with E-state index in [0.717, 1.165) is 13.1 Å². The lowest BCUT2D eigenvalue weighted by molar-refractivity contribution is 0.235. The van der Waals surface area contributed by atoms with Crippen molar-refractivity contribution in [2.45, 2.75) is 33.1 Å². The van der Waals surface area contributed by atoms with Crippen LogP contribution in [0, 0.1) is 0 Å². The maximum absolute atomic E-state index is 5.47. The molecule has 0 saturated carbocycles. The summed E-state index contributed by atoms with van der Waals surface area (Å²) in [7, 11) is 0. The third kappa shape index (κ3) is 4.43. The first-order chi connectivity index (χ1) is 4.39. The monoisotopic (exact) mass is 130 g/mol. The highest BCUT2D eigenvalue weighted by atomic mass is 15.4. The summed E-state index contributed by atoms with van der Waals surface area (Å²) in [6.07, 6.45) is 3.95. The van der Waals surface area contributed by atoms with Gasteiger partial charge in [-0.15, -0.1) is 0 Å². The Labute approximate surface area is 58.0 Å². The molecule has 0 radical (unpaired) electrons. The summed E-state index contributed by atoms with van der Waals surface area (Å²) >= 11 is 0. The molecule has 1 aliphatic heterocycles. The quantitative estimate of drug-likeness (QED) is 0.502. The molecule has 0 amide bonds. The molecule has 1 heterocycles. The molecule has 1 fully saturated rings. The van der Waals surface area contributed by atoms with Gasteiger partial charge in [0.05, 0.1) is 0 Å². The van der Waals surface area contributed by atoms with Gasteiger partial charge in [0.1, 0.15) is 0 Å². The van der Waals surface area contributed by atoms with E-state index in [1.54, 1.807) is 0 Å². The van der Waals surface area contributed by atoms with Gasteiger partial charge in [-0.25, -0.2) is 5.01 Å². The van der Waals surface area contributed by atoms with Crippen molar-refractivity contribution >= 4 is 0 Å². The molecule has 56 valence electrons. The van der Waals surface area contributed by atoms with E-state index in [2.05, 4.69) is 0 Å². The summed E-state index contributed by atoms with van der Waals surface area (Å²) in [5.41, 5.74) is 0. The molecule has 2 N–H and O–H groups in total. The summed E-state index contributed by atoms with van der Waals surface area (Å²) in [5.74, 6) is 5.47. The Hall–Kier alpha value is -0.0800. The Morgan fingerprint density at radius 3 is 1.67 bits per heavy atom. The van der Waals surface area contributed by atoms with Crippen LogP contribution < -0.4 is 5.84 Å². The van der Waals surface area contributed by atoms with E-state index in [9.17, 15) is 0 Å². The molecule has 9 heavy (non-hydrogen) atoms. The van der Waals surface area contributed by atoms with Crippen LogP contribution >= 0.6 is 0 Å². The van der Waals surface area contributed by atoms with Gasteiger partial charge in [-0.2, -0.15) is 0 Å². The van der Waals surface area contributed by atoms with Crippen molar-refractivity contribution in [2.75, 3.05) is 13.1 Å². The van der Waals surface area contributed by atoms with Crippen molar-refractivity contribution in [2.24, 2.45) is 5.84 Å². The third-order valence-corrected chi connectivity index (χ3v) is 1.39. The van der Waals surface area contributed by atoms with Crippen LogP contribution in [0.2, 0.25) is 0 Å². The molecular weight excluding hydrogens is 112 g/mol. The van der Waals surface area contributed by atoms with Gasteiger partial charge in [0.15, 0.2) is 0 Å². The van der Waals surface area contributed by atoms with E-state index in [1.165, 1.54) is 19.3 Å². The van der Waals surface area contributed by atoms with Gasteiger partial charge < -0.3 is 0 Å². The number of nitrogens with zero attached hydrogens (tertiary/aromatic N) is 1. The van der Waals surface area contributed by atoms with Crippen LogP contribution in [0.5, 0.6) is 0 Å². The number of hydrogen-bond acceptors (Lipinski definition) is 2. The minimum atomic E-state index is 1.10. The average Bonchev–Trinajstić information content (AvgIpc) is 1.94. The molecule has 2 heteroatoms. The van der Waals surface area contributed by atoms with E-state index < -0.39 is 0 Å². The number of rotatable bonds is 0. The van der Waals surface area contributed by atoms with Crippen LogP contribution in [0.4, 0.5) is 0 Å². The van der Waals surface area contributed by atoms with Crippen LogP contribution in [0.15, 0.2) is 0 Å². The first kappa shape index (κ1) is 8.92. The lowest BCUT2D eigenvalue weighted by Crippen LogP contribution is -2.35. The third-order valence-electron chi connectivity index (χ3n) is 1.39. The Balaban J connectivity index is 0.000000291.